The number of benzene rings is 2. The van der Waals surface area contributed by atoms with Crippen molar-refractivity contribution in [1.82, 2.24) is 9.62 Å². The monoisotopic (exact) mass is 460 g/mol. The van der Waals surface area contributed by atoms with Gasteiger partial charge in [0.25, 0.3) is 0 Å². The summed E-state index contributed by atoms with van der Waals surface area (Å²) in [6.45, 7) is 2.39. The number of aryl methyl sites for hydroxylation is 2. The Bertz CT molecular complexity index is 1050. The lowest BCUT2D eigenvalue weighted by molar-refractivity contribution is -0.125. The first kappa shape index (κ1) is 22.3. The highest BCUT2D eigenvalue weighted by atomic mass is 35.5. The quantitative estimate of drug-likeness (QED) is 0.682. The second kappa shape index (κ2) is 9.31. The van der Waals surface area contributed by atoms with Crippen LogP contribution in [0.5, 0.6) is 0 Å². The van der Waals surface area contributed by atoms with E-state index < -0.39 is 16.1 Å². The van der Waals surface area contributed by atoms with Crippen LogP contribution in [0.25, 0.3) is 0 Å². The Hall–Kier alpha value is -1.89. The SMILES string of the molecule is CC[C@@H](NC(=O)[C@@H]1CCCN1S(=O)(=O)c1ccc(Cl)cc1)c1ccc2c(c1)CCCC2. The fraction of sp³-hybridized carbons (Fsp3) is 0.458. The largest absolute Gasteiger partial charge is 0.348 e. The molecule has 0 aromatic heterocycles. The molecule has 1 aliphatic heterocycles. The molecular formula is C24H29ClN2O3S. The van der Waals surface area contributed by atoms with Gasteiger partial charge >= 0.3 is 0 Å². The molecule has 4 rings (SSSR count). The number of hydrogen-bond acceptors (Lipinski definition) is 3. The van der Waals surface area contributed by atoms with Gasteiger partial charge in [0, 0.05) is 11.6 Å². The third-order valence-corrected chi connectivity index (χ3v) is 8.60. The number of nitrogens with one attached hydrogen (secondary N) is 1. The molecule has 1 N–H and O–H groups in total. The normalized spacial score (nSPS) is 20.3. The standard InChI is InChI=1S/C24H29ClN2O3S/c1-2-22(19-10-9-17-6-3-4-7-18(17)16-19)26-24(28)23-8-5-15-27(23)31(29,30)21-13-11-20(25)12-14-21/h9-14,16,22-23H,2-8,15H2,1H3,(H,26,28)/t22-,23+/m1/s1. The van der Waals surface area contributed by atoms with Crippen LogP contribution >= 0.6 is 11.6 Å². The molecule has 1 saturated heterocycles. The third-order valence-electron chi connectivity index (χ3n) is 6.43. The van der Waals surface area contributed by atoms with Gasteiger partial charge in [0.2, 0.25) is 15.9 Å². The maximum atomic E-state index is 13.2. The van der Waals surface area contributed by atoms with E-state index >= 15 is 0 Å². The summed E-state index contributed by atoms with van der Waals surface area (Å²) in [5.74, 6) is -0.223. The minimum absolute atomic E-state index is 0.125. The third kappa shape index (κ3) is 4.66. The highest BCUT2D eigenvalue weighted by molar-refractivity contribution is 7.89. The summed E-state index contributed by atoms with van der Waals surface area (Å²) in [6.07, 6.45) is 6.60. The molecule has 5 nitrogen and oxygen atoms in total. The van der Waals surface area contributed by atoms with Crippen molar-refractivity contribution in [2.75, 3.05) is 6.54 Å². The summed E-state index contributed by atoms with van der Waals surface area (Å²) in [7, 11) is -3.76. The lowest BCUT2D eigenvalue weighted by Gasteiger charge is -2.27. The zero-order valence-corrected chi connectivity index (χ0v) is 19.4. The summed E-state index contributed by atoms with van der Waals surface area (Å²) in [5, 5.41) is 3.61. The van der Waals surface area contributed by atoms with Crippen molar-refractivity contribution in [2.45, 2.75) is 68.8 Å². The molecule has 0 unspecified atom stereocenters. The van der Waals surface area contributed by atoms with Gasteiger partial charge in [0.1, 0.15) is 6.04 Å². The number of hydrogen-bond donors (Lipinski definition) is 1. The molecule has 1 aliphatic carbocycles. The van der Waals surface area contributed by atoms with Crippen LogP contribution in [0.3, 0.4) is 0 Å². The van der Waals surface area contributed by atoms with Gasteiger partial charge in [-0.15, -0.1) is 0 Å². The van der Waals surface area contributed by atoms with Crippen molar-refractivity contribution < 1.29 is 13.2 Å². The number of carbonyl (C=O) groups is 1. The number of rotatable bonds is 6. The van der Waals surface area contributed by atoms with Crippen LogP contribution in [0.4, 0.5) is 0 Å². The van der Waals surface area contributed by atoms with Crippen LogP contribution in [0.15, 0.2) is 47.4 Å². The van der Waals surface area contributed by atoms with Gasteiger partial charge in [0.05, 0.1) is 10.9 Å². The van der Waals surface area contributed by atoms with Crippen LogP contribution in [-0.4, -0.2) is 31.2 Å². The van der Waals surface area contributed by atoms with Crippen LogP contribution in [0.1, 0.15) is 61.8 Å². The van der Waals surface area contributed by atoms with Gasteiger partial charge in [-0.05, 0) is 85.9 Å². The summed E-state index contributed by atoms with van der Waals surface area (Å²) in [6, 6.07) is 11.8. The molecule has 1 heterocycles. The number of sulfonamides is 1. The molecule has 0 bridgehead atoms. The van der Waals surface area contributed by atoms with Crippen molar-refractivity contribution in [1.29, 1.82) is 0 Å². The first-order valence-electron chi connectivity index (χ1n) is 11.1. The average molecular weight is 461 g/mol. The minimum atomic E-state index is -3.76. The molecule has 0 radical (unpaired) electrons. The van der Waals surface area contributed by atoms with E-state index in [1.54, 1.807) is 12.1 Å². The highest BCUT2D eigenvalue weighted by Crippen LogP contribution is 2.29. The maximum Gasteiger partial charge on any atom is 0.243 e. The van der Waals surface area contributed by atoms with E-state index in [1.165, 1.54) is 40.4 Å². The Balaban J connectivity index is 1.52. The van der Waals surface area contributed by atoms with Crippen molar-refractivity contribution in [3.05, 3.63) is 64.2 Å². The predicted octanol–water partition coefficient (Wildman–Crippen LogP) is 4.64. The van der Waals surface area contributed by atoms with E-state index in [1.807, 2.05) is 6.92 Å². The van der Waals surface area contributed by atoms with Crippen LogP contribution in [0, 0.1) is 0 Å². The summed E-state index contributed by atoms with van der Waals surface area (Å²) in [4.78, 5) is 13.3. The Morgan fingerprint density at radius 1 is 1.10 bits per heavy atom. The second-order valence-corrected chi connectivity index (χ2v) is 10.8. The van der Waals surface area contributed by atoms with Gasteiger partial charge in [-0.1, -0.05) is 36.7 Å². The van der Waals surface area contributed by atoms with Crippen LogP contribution < -0.4 is 5.32 Å². The lowest BCUT2D eigenvalue weighted by atomic mass is 9.88. The zero-order valence-electron chi connectivity index (χ0n) is 17.8. The number of amides is 1. The molecule has 1 fully saturated rings. The fourth-order valence-electron chi connectivity index (χ4n) is 4.69. The van der Waals surface area contributed by atoms with E-state index in [4.69, 9.17) is 11.6 Å². The number of fused-ring (bicyclic) bond motifs is 1. The van der Waals surface area contributed by atoms with Crippen molar-refractivity contribution in [3.63, 3.8) is 0 Å². The molecule has 1 amide bonds. The van der Waals surface area contributed by atoms with Gasteiger partial charge in [-0.2, -0.15) is 4.31 Å². The van der Waals surface area contributed by atoms with Crippen molar-refractivity contribution >= 4 is 27.5 Å². The topological polar surface area (TPSA) is 66.5 Å². The smallest absolute Gasteiger partial charge is 0.243 e. The second-order valence-electron chi connectivity index (χ2n) is 8.43. The average Bonchev–Trinajstić information content (AvgIpc) is 3.28. The summed E-state index contributed by atoms with van der Waals surface area (Å²) < 4.78 is 27.6. The Morgan fingerprint density at radius 3 is 2.52 bits per heavy atom. The highest BCUT2D eigenvalue weighted by Gasteiger charge is 2.40. The van der Waals surface area contributed by atoms with E-state index in [0.717, 1.165) is 24.8 Å². The number of halogens is 1. The molecule has 166 valence electrons. The fourth-order valence-corrected chi connectivity index (χ4v) is 6.47. The van der Waals surface area contributed by atoms with Crippen molar-refractivity contribution in [3.8, 4) is 0 Å². The van der Waals surface area contributed by atoms with E-state index in [-0.39, 0.29) is 16.8 Å². The Morgan fingerprint density at radius 2 is 1.81 bits per heavy atom. The maximum absolute atomic E-state index is 13.2. The number of nitrogens with zero attached hydrogens (tertiary/aromatic N) is 1. The molecule has 0 saturated carbocycles. The molecule has 2 aromatic carbocycles. The zero-order chi connectivity index (χ0) is 22.0. The van der Waals surface area contributed by atoms with Gasteiger partial charge in [-0.3, -0.25) is 4.79 Å². The van der Waals surface area contributed by atoms with Gasteiger partial charge < -0.3 is 5.32 Å². The molecule has 0 spiro atoms. The number of carbonyl (C=O) groups excluding carboxylic acids is 1. The van der Waals surface area contributed by atoms with E-state index in [2.05, 4.69) is 23.5 Å². The minimum Gasteiger partial charge on any atom is -0.348 e. The van der Waals surface area contributed by atoms with Gasteiger partial charge in [0.15, 0.2) is 0 Å². The first-order valence-corrected chi connectivity index (χ1v) is 12.9. The summed E-state index contributed by atoms with van der Waals surface area (Å²) in [5.41, 5.74) is 3.89. The van der Waals surface area contributed by atoms with Gasteiger partial charge in [-0.25, -0.2) is 8.42 Å². The molecule has 7 heteroatoms. The van der Waals surface area contributed by atoms with E-state index in [9.17, 15) is 13.2 Å². The van der Waals surface area contributed by atoms with Crippen LogP contribution in [0.2, 0.25) is 5.02 Å². The lowest BCUT2D eigenvalue weighted by Crippen LogP contribution is -2.46. The molecule has 2 aliphatic rings. The van der Waals surface area contributed by atoms with E-state index in [0.29, 0.717) is 24.4 Å². The Labute approximate surface area is 189 Å². The summed E-state index contributed by atoms with van der Waals surface area (Å²) >= 11 is 5.90. The molecule has 2 aromatic rings. The van der Waals surface area contributed by atoms with Crippen LogP contribution in [-0.2, 0) is 27.7 Å². The molecule has 2 atom stereocenters. The molecule has 31 heavy (non-hydrogen) atoms. The Kier molecular flexibility index (Phi) is 6.70. The van der Waals surface area contributed by atoms with Crippen molar-refractivity contribution in [2.24, 2.45) is 0 Å². The predicted molar refractivity (Wildman–Crippen MR) is 123 cm³/mol. The molecular weight excluding hydrogens is 432 g/mol. The first-order chi connectivity index (χ1) is 14.9.